The van der Waals surface area contributed by atoms with Gasteiger partial charge in [0.2, 0.25) is 0 Å². The number of alkyl halides is 1. The van der Waals surface area contributed by atoms with E-state index in [1.54, 1.807) is 7.11 Å². The van der Waals surface area contributed by atoms with E-state index in [-0.39, 0.29) is 5.60 Å². The van der Waals surface area contributed by atoms with E-state index in [1.807, 2.05) is 0 Å². The Labute approximate surface area is 97.7 Å². The van der Waals surface area contributed by atoms with E-state index >= 15 is 0 Å². The van der Waals surface area contributed by atoms with Crippen LogP contribution in [0.5, 0.6) is 0 Å². The summed E-state index contributed by atoms with van der Waals surface area (Å²) in [4.78, 5) is 0. The van der Waals surface area contributed by atoms with E-state index in [4.69, 9.17) is 4.74 Å². The van der Waals surface area contributed by atoms with Gasteiger partial charge in [-0.05, 0) is 38.0 Å². The normalized spacial score (nSPS) is 15.6. The highest BCUT2D eigenvalue weighted by Crippen LogP contribution is 2.33. The van der Waals surface area contributed by atoms with Gasteiger partial charge in [0.05, 0.1) is 5.60 Å². The third-order valence-electron chi connectivity index (χ3n) is 3.06. The second-order valence-electron chi connectivity index (χ2n) is 5.72. The summed E-state index contributed by atoms with van der Waals surface area (Å²) in [6.45, 7) is 11.2. The fraction of sp³-hybridized carbons (Fsp3) is 1.00. The minimum atomic E-state index is 0.0195. The van der Waals surface area contributed by atoms with Gasteiger partial charge in [0.25, 0.3) is 0 Å². The van der Waals surface area contributed by atoms with Crippen LogP contribution in [0.2, 0.25) is 0 Å². The molecule has 0 aliphatic carbocycles. The second-order valence-corrected chi connectivity index (χ2v) is 6.37. The van der Waals surface area contributed by atoms with Crippen molar-refractivity contribution >= 4 is 15.9 Å². The zero-order chi connectivity index (χ0) is 11.4. The molecular formula is C12H25BrO. The minimum Gasteiger partial charge on any atom is -0.379 e. The first kappa shape index (κ1) is 14.4. The molecule has 1 nitrogen and oxygen atoms in total. The van der Waals surface area contributed by atoms with Crippen LogP contribution in [0.25, 0.3) is 0 Å². The molecule has 1 unspecified atom stereocenters. The Morgan fingerprint density at radius 3 is 1.93 bits per heavy atom. The molecule has 0 spiro atoms. The maximum Gasteiger partial charge on any atom is 0.0622 e. The number of halogens is 1. The van der Waals surface area contributed by atoms with E-state index < -0.39 is 0 Å². The lowest BCUT2D eigenvalue weighted by Gasteiger charge is -2.32. The summed E-state index contributed by atoms with van der Waals surface area (Å²) in [7, 11) is 1.79. The van der Waals surface area contributed by atoms with Crippen molar-refractivity contribution in [1.29, 1.82) is 0 Å². The van der Waals surface area contributed by atoms with E-state index in [2.05, 4.69) is 50.5 Å². The largest absolute Gasteiger partial charge is 0.379 e. The second kappa shape index (κ2) is 5.50. The van der Waals surface area contributed by atoms with E-state index in [0.29, 0.717) is 5.41 Å². The summed E-state index contributed by atoms with van der Waals surface area (Å²) in [5.41, 5.74) is 0.402. The lowest BCUT2D eigenvalue weighted by Crippen LogP contribution is -2.28. The number of hydrogen-bond acceptors (Lipinski definition) is 1. The van der Waals surface area contributed by atoms with Crippen molar-refractivity contribution in [2.75, 3.05) is 12.4 Å². The first-order valence-corrected chi connectivity index (χ1v) is 6.46. The monoisotopic (exact) mass is 264 g/mol. The molecule has 0 aromatic carbocycles. The van der Waals surface area contributed by atoms with Crippen LogP contribution in [0.15, 0.2) is 0 Å². The van der Waals surface area contributed by atoms with Gasteiger partial charge in [0, 0.05) is 12.4 Å². The Kier molecular flexibility index (Phi) is 5.68. The van der Waals surface area contributed by atoms with Crippen molar-refractivity contribution in [3.8, 4) is 0 Å². The maximum absolute atomic E-state index is 5.43. The van der Waals surface area contributed by atoms with Crippen molar-refractivity contribution < 1.29 is 4.74 Å². The summed E-state index contributed by atoms with van der Waals surface area (Å²) in [5.74, 6) is 0.719. The molecular weight excluding hydrogens is 240 g/mol. The molecule has 0 fully saturated rings. The summed E-state index contributed by atoms with van der Waals surface area (Å²) < 4.78 is 5.43. The molecule has 86 valence electrons. The SMILES string of the molecule is COC(C)(C)CCC(CBr)C(C)(C)C. The van der Waals surface area contributed by atoms with Gasteiger partial charge in [-0.3, -0.25) is 0 Å². The van der Waals surface area contributed by atoms with Crippen molar-refractivity contribution in [1.82, 2.24) is 0 Å². The third kappa shape index (κ3) is 5.35. The molecule has 0 saturated heterocycles. The number of methoxy groups -OCH3 is 1. The van der Waals surface area contributed by atoms with Crippen LogP contribution >= 0.6 is 15.9 Å². The number of ether oxygens (including phenoxy) is 1. The van der Waals surface area contributed by atoms with Gasteiger partial charge in [-0.1, -0.05) is 36.7 Å². The van der Waals surface area contributed by atoms with Crippen molar-refractivity contribution in [3.63, 3.8) is 0 Å². The first-order chi connectivity index (χ1) is 6.23. The molecule has 0 radical (unpaired) electrons. The predicted molar refractivity (Wildman–Crippen MR) is 67.1 cm³/mol. The highest BCUT2D eigenvalue weighted by atomic mass is 79.9. The lowest BCUT2D eigenvalue weighted by molar-refractivity contribution is 0.00720. The molecule has 2 heteroatoms. The number of hydrogen-bond donors (Lipinski definition) is 0. The molecule has 0 aromatic rings. The van der Waals surface area contributed by atoms with Crippen molar-refractivity contribution in [2.45, 2.75) is 53.1 Å². The Bertz CT molecular complexity index is 158. The maximum atomic E-state index is 5.43. The standard InChI is InChI=1S/C12H25BrO/c1-11(2,3)10(9-13)7-8-12(4,5)14-6/h10H,7-9H2,1-6H3. The van der Waals surface area contributed by atoms with Gasteiger partial charge in [-0.15, -0.1) is 0 Å². The van der Waals surface area contributed by atoms with Crippen LogP contribution in [0.4, 0.5) is 0 Å². The smallest absolute Gasteiger partial charge is 0.0622 e. The first-order valence-electron chi connectivity index (χ1n) is 5.34. The van der Waals surface area contributed by atoms with Gasteiger partial charge in [-0.25, -0.2) is 0 Å². The van der Waals surface area contributed by atoms with Gasteiger partial charge in [0.15, 0.2) is 0 Å². The molecule has 0 aliphatic rings. The zero-order valence-corrected chi connectivity index (χ0v) is 12.1. The highest BCUT2D eigenvalue weighted by Gasteiger charge is 2.26. The summed E-state index contributed by atoms with van der Waals surface area (Å²) >= 11 is 3.60. The van der Waals surface area contributed by atoms with Gasteiger partial charge in [-0.2, -0.15) is 0 Å². The van der Waals surface area contributed by atoms with Crippen LogP contribution in [-0.4, -0.2) is 18.0 Å². The topological polar surface area (TPSA) is 9.23 Å². The highest BCUT2D eigenvalue weighted by molar-refractivity contribution is 9.09. The molecule has 0 N–H and O–H groups in total. The summed E-state index contributed by atoms with van der Waals surface area (Å²) in [6, 6.07) is 0. The molecule has 0 rings (SSSR count). The van der Waals surface area contributed by atoms with E-state index in [9.17, 15) is 0 Å². The average molecular weight is 265 g/mol. The zero-order valence-electron chi connectivity index (χ0n) is 10.5. The summed E-state index contributed by atoms with van der Waals surface area (Å²) in [5, 5.41) is 1.08. The lowest BCUT2D eigenvalue weighted by atomic mass is 9.78. The van der Waals surface area contributed by atoms with Crippen LogP contribution in [0.3, 0.4) is 0 Å². The van der Waals surface area contributed by atoms with Gasteiger partial charge < -0.3 is 4.74 Å². The summed E-state index contributed by atoms with van der Waals surface area (Å²) in [6.07, 6.45) is 2.34. The van der Waals surface area contributed by atoms with Gasteiger partial charge >= 0.3 is 0 Å². The van der Waals surface area contributed by atoms with Crippen LogP contribution in [-0.2, 0) is 4.74 Å². The fourth-order valence-electron chi connectivity index (χ4n) is 1.37. The number of rotatable bonds is 5. The molecule has 14 heavy (non-hydrogen) atoms. The molecule has 0 aliphatic heterocycles. The Morgan fingerprint density at radius 1 is 1.14 bits per heavy atom. The predicted octanol–water partition coefficient (Wildman–Crippen LogP) is 4.25. The molecule has 0 aromatic heterocycles. The van der Waals surface area contributed by atoms with Crippen LogP contribution < -0.4 is 0 Å². The molecule has 0 saturated carbocycles. The quantitative estimate of drug-likeness (QED) is 0.675. The van der Waals surface area contributed by atoms with Crippen LogP contribution in [0, 0.1) is 11.3 Å². The molecule has 0 heterocycles. The van der Waals surface area contributed by atoms with Crippen molar-refractivity contribution in [3.05, 3.63) is 0 Å². The van der Waals surface area contributed by atoms with E-state index in [1.165, 1.54) is 6.42 Å². The van der Waals surface area contributed by atoms with Crippen molar-refractivity contribution in [2.24, 2.45) is 11.3 Å². The molecule has 0 amide bonds. The Morgan fingerprint density at radius 2 is 1.64 bits per heavy atom. The minimum absolute atomic E-state index is 0.0195. The van der Waals surface area contributed by atoms with Gasteiger partial charge in [0.1, 0.15) is 0 Å². The van der Waals surface area contributed by atoms with Crippen LogP contribution in [0.1, 0.15) is 47.5 Å². The molecule has 0 bridgehead atoms. The Hall–Kier alpha value is 0.440. The van der Waals surface area contributed by atoms with E-state index in [0.717, 1.165) is 17.7 Å². The Balaban J connectivity index is 4.10. The third-order valence-corrected chi connectivity index (χ3v) is 3.84. The molecule has 1 atom stereocenters. The fourth-order valence-corrected chi connectivity index (χ4v) is 2.66. The average Bonchev–Trinajstić information content (AvgIpc) is 2.03.